The van der Waals surface area contributed by atoms with Crippen molar-refractivity contribution >= 4 is 11.6 Å². The molecule has 2 aromatic carbocycles. The lowest BCUT2D eigenvalue weighted by Gasteiger charge is -2.23. The van der Waals surface area contributed by atoms with Gasteiger partial charge in [0.15, 0.2) is 0 Å². The van der Waals surface area contributed by atoms with Gasteiger partial charge in [-0.3, -0.25) is 0 Å². The van der Waals surface area contributed by atoms with Gasteiger partial charge >= 0.3 is 0 Å². The summed E-state index contributed by atoms with van der Waals surface area (Å²) in [4.78, 5) is 0. The minimum Gasteiger partial charge on any atom is -0.497 e. The van der Waals surface area contributed by atoms with Crippen LogP contribution in [0.2, 0.25) is 0 Å². The van der Waals surface area contributed by atoms with Crippen molar-refractivity contribution in [2.75, 3.05) is 12.4 Å². The molecule has 0 spiro atoms. The van der Waals surface area contributed by atoms with Crippen LogP contribution < -0.4 is 10.1 Å². The molecular weight excluding hydrogens is 314 g/mol. The number of aromatic nitrogens is 4. The number of aryl methyl sites for hydroxylation is 1. The van der Waals surface area contributed by atoms with Gasteiger partial charge in [0.1, 0.15) is 11.8 Å². The molecular formula is C19H19N5O. The molecule has 0 amide bonds. The van der Waals surface area contributed by atoms with Gasteiger partial charge in [0.05, 0.1) is 7.11 Å². The fraction of sp³-hybridized carbons (Fsp3) is 0.211. The molecule has 0 bridgehead atoms. The molecule has 0 saturated carbocycles. The highest BCUT2D eigenvalue weighted by atomic mass is 16.5. The summed E-state index contributed by atoms with van der Waals surface area (Å²) in [6.07, 6.45) is 3.16. The number of rotatable bonds is 4. The number of methoxy groups -OCH3 is 1. The predicted octanol–water partition coefficient (Wildman–Crippen LogP) is 3.30. The van der Waals surface area contributed by atoms with Gasteiger partial charge in [-0.25, -0.2) is 0 Å². The normalized spacial score (nSPS) is 15.9. The molecule has 1 aliphatic rings. The van der Waals surface area contributed by atoms with Crippen molar-refractivity contribution in [1.82, 2.24) is 20.2 Å². The molecule has 1 atom stereocenters. The number of nitrogens with zero attached hydrogens (tertiary/aromatic N) is 4. The molecule has 0 unspecified atom stereocenters. The van der Waals surface area contributed by atoms with E-state index in [1.165, 1.54) is 5.56 Å². The lowest BCUT2D eigenvalue weighted by Crippen LogP contribution is -2.20. The quantitative estimate of drug-likeness (QED) is 0.793. The molecule has 1 aliphatic heterocycles. The molecule has 0 saturated heterocycles. The topological polar surface area (TPSA) is 64.9 Å². The Balaban J connectivity index is 1.77. The van der Waals surface area contributed by atoms with Crippen LogP contribution in [-0.4, -0.2) is 27.3 Å². The van der Waals surface area contributed by atoms with Crippen LogP contribution >= 0.6 is 0 Å². The van der Waals surface area contributed by atoms with E-state index in [9.17, 15) is 0 Å². The summed E-state index contributed by atoms with van der Waals surface area (Å²) >= 11 is 0. The zero-order chi connectivity index (χ0) is 17.2. The minimum absolute atomic E-state index is 0.0952. The molecule has 6 nitrogen and oxygen atoms in total. The molecule has 1 N–H and O–H groups in total. The van der Waals surface area contributed by atoms with Crippen molar-refractivity contribution in [2.45, 2.75) is 19.4 Å². The van der Waals surface area contributed by atoms with E-state index in [1.807, 2.05) is 18.2 Å². The summed E-state index contributed by atoms with van der Waals surface area (Å²) in [7, 11) is 1.67. The Labute approximate surface area is 146 Å². The number of nitrogens with one attached hydrogen (secondary N) is 1. The molecule has 4 rings (SSSR count). The van der Waals surface area contributed by atoms with Crippen molar-refractivity contribution in [3.05, 3.63) is 71.3 Å². The Bertz CT molecular complexity index is 914. The third-order valence-electron chi connectivity index (χ3n) is 4.44. The van der Waals surface area contributed by atoms with Crippen LogP contribution in [0.1, 0.15) is 29.7 Å². The van der Waals surface area contributed by atoms with Crippen molar-refractivity contribution < 1.29 is 4.74 Å². The number of allylic oxidation sites excluding steroid dienone is 1. The maximum Gasteiger partial charge on any atom is 0.248 e. The molecule has 126 valence electrons. The first-order valence-electron chi connectivity index (χ1n) is 8.28. The molecule has 0 radical (unpaired) electrons. The predicted molar refractivity (Wildman–Crippen MR) is 96.4 cm³/mol. The Morgan fingerprint density at radius 2 is 2.00 bits per heavy atom. The van der Waals surface area contributed by atoms with Gasteiger partial charge in [-0.2, -0.15) is 4.68 Å². The summed E-state index contributed by atoms with van der Waals surface area (Å²) in [5.74, 6) is 1.44. The Kier molecular flexibility index (Phi) is 3.93. The smallest absolute Gasteiger partial charge is 0.248 e. The van der Waals surface area contributed by atoms with E-state index in [2.05, 4.69) is 64.2 Å². The van der Waals surface area contributed by atoms with Crippen molar-refractivity contribution in [1.29, 1.82) is 0 Å². The molecule has 25 heavy (non-hydrogen) atoms. The molecule has 2 heterocycles. The average Bonchev–Trinajstić information content (AvgIpc) is 3.16. The second-order valence-electron chi connectivity index (χ2n) is 5.92. The van der Waals surface area contributed by atoms with E-state index in [4.69, 9.17) is 4.74 Å². The maximum atomic E-state index is 5.35. The number of anilines is 1. The molecule has 1 aromatic heterocycles. The van der Waals surface area contributed by atoms with Crippen molar-refractivity contribution in [2.24, 2.45) is 0 Å². The lowest BCUT2D eigenvalue weighted by molar-refractivity contribution is 0.413. The van der Waals surface area contributed by atoms with Crippen molar-refractivity contribution in [3.63, 3.8) is 0 Å². The number of tetrazole rings is 1. The van der Waals surface area contributed by atoms with Gasteiger partial charge in [0.25, 0.3) is 0 Å². The Hall–Kier alpha value is -3.15. The second-order valence-corrected chi connectivity index (χ2v) is 5.92. The monoisotopic (exact) mass is 333 g/mol. The summed E-state index contributed by atoms with van der Waals surface area (Å²) in [5, 5.41) is 15.4. The SMILES string of the molecule is CCc1ccc(C2=C[C@H](c3cccc(OC)c3)n3nnnc3N2)cc1. The molecule has 0 aliphatic carbocycles. The second kappa shape index (κ2) is 6.39. The summed E-state index contributed by atoms with van der Waals surface area (Å²) in [6.45, 7) is 2.15. The first kappa shape index (κ1) is 15.4. The molecule has 6 heteroatoms. The average molecular weight is 333 g/mol. The van der Waals surface area contributed by atoms with E-state index in [0.717, 1.165) is 29.0 Å². The van der Waals surface area contributed by atoms with Gasteiger partial charge in [-0.1, -0.05) is 48.4 Å². The lowest BCUT2D eigenvalue weighted by atomic mass is 10.0. The summed E-state index contributed by atoms with van der Waals surface area (Å²) in [6, 6.07) is 16.4. The largest absolute Gasteiger partial charge is 0.497 e. The number of fused-ring (bicyclic) bond motifs is 1. The third-order valence-corrected chi connectivity index (χ3v) is 4.44. The van der Waals surface area contributed by atoms with Crippen LogP contribution in [0.5, 0.6) is 5.75 Å². The fourth-order valence-corrected chi connectivity index (χ4v) is 3.01. The van der Waals surface area contributed by atoms with Crippen LogP contribution in [-0.2, 0) is 6.42 Å². The minimum atomic E-state index is -0.0952. The number of hydrogen-bond donors (Lipinski definition) is 1. The Morgan fingerprint density at radius 3 is 2.76 bits per heavy atom. The van der Waals surface area contributed by atoms with Gasteiger partial charge in [0, 0.05) is 5.70 Å². The number of ether oxygens (including phenoxy) is 1. The highest BCUT2D eigenvalue weighted by Crippen LogP contribution is 2.32. The van der Waals surface area contributed by atoms with Gasteiger partial charge in [-0.15, -0.1) is 0 Å². The number of hydrogen-bond acceptors (Lipinski definition) is 5. The zero-order valence-corrected chi connectivity index (χ0v) is 14.2. The third kappa shape index (κ3) is 2.87. The molecule has 3 aromatic rings. The van der Waals surface area contributed by atoms with Gasteiger partial charge in [0.2, 0.25) is 5.95 Å². The fourth-order valence-electron chi connectivity index (χ4n) is 3.01. The maximum absolute atomic E-state index is 5.35. The van der Waals surface area contributed by atoms with Crippen LogP contribution in [0.25, 0.3) is 5.70 Å². The van der Waals surface area contributed by atoms with Crippen LogP contribution in [0.3, 0.4) is 0 Å². The first-order valence-corrected chi connectivity index (χ1v) is 8.28. The van der Waals surface area contributed by atoms with E-state index in [0.29, 0.717) is 5.95 Å². The standard InChI is InChI=1S/C19H19N5O/c1-3-13-7-9-14(10-8-13)17-12-18(24-19(20-17)21-22-23-24)15-5-4-6-16(11-15)25-2/h4-12,18H,3H2,1-2H3,(H,20,21,23)/t18-/m1/s1. The highest BCUT2D eigenvalue weighted by Gasteiger charge is 2.24. The highest BCUT2D eigenvalue weighted by molar-refractivity contribution is 5.77. The van der Waals surface area contributed by atoms with Crippen molar-refractivity contribution in [3.8, 4) is 5.75 Å². The van der Waals surface area contributed by atoms with Crippen LogP contribution in [0.15, 0.2) is 54.6 Å². The van der Waals surface area contributed by atoms with E-state index in [-0.39, 0.29) is 6.04 Å². The van der Waals surface area contributed by atoms with E-state index < -0.39 is 0 Å². The van der Waals surface area contributed by atoms with Gasteiger partial charge in [-0.05, 0) is 51.7 Å². The van der Waals surface area contributed by atoms with E-state index in [1.54, 1.807) is 11.8 Å². The summed E-state index contributed by atoms with van der Waals surface area (Å²) in [5.41, 5.74) is 4.49. The van der Waals surface area contributed by atoms with Gasteiger partial charge < -0.3 is 10.1 Å². The van der Waals surface area contributed by atoms with Crippen LogP contribution in [0, 0.1) is 0 Å². The van der Waals surface area contributed by atoms with E-state index >= 15 is 0 Å². The molecule has 0 fully saturated rings. The van der Waals surface area contributed by atoms with Crippen LogP contribution in [0.4, 0.5) is 5.95 Å². The summed E-state index contributed by atoms with van der Waals surface area (Å²) < 4.78 is 7.13. The first-order chi connectivity index (χ1) is 12.3. The number of benzene rings is 2. The zero-order valence-electron chi connectivity index (χ0n) is 14.2. The Morgan fingerprint density at radius 1 is 1.16 bits per heavy atom.